The van der Waals surface area contributed by atoms with Crippen LogP contribution in [-0.4, -0.2) is 52.2 Å². The zero-order valence-corrected chi connectivity index (χ0v) is 22.7. The van der Waals surface area contributed by atoms with Crippen molar-refractivity contribution >= 4 is 23.4 Å². The van der Waals surface area contributed by atoms with E-state index in [9.17, 15) is 31.9 Å². The standard InChI is InChI=1S/C26H32F5N3O3S/c1-13-19(15-8-9-16(27)20(28)22(15)38-6)21(37-25(13,5)26(29,30)31)23(36)34-14-7-10-17(32-11-14)18(35)12-33-24(2,3)4/h7-11,13,18-19,21,33,35H,12H2,1-6H3,(H,34,36)/t13-,18-,19-,21+,25+/m0/s1. The number of anilines is 1. The highest BCUT2D eigenvalue weighted by atomic mass is 32.2. The summed E-state index contributed by atoms with van der Waals surface area (Å²) in [5, 5.41) is 16.0. The Morgan fingerprint density at radius 3 is 2.39 bits per heavy atom. The third-order valence-corrected chi connectivity index (χ3v) is 7.61. The first-order chi connectivity index (χ1) is 17.5. The van der Waals surface area contributed by atoms with E-state index in [1.165, 1.54) is 37.6 Å². The van der Waals surface area contributed by atoms with E-state index in [0.717, 1.165) is 24.8 Å². The van der Waals surface area contributed by atoms with Gasteiger partial charge in [-0.15, -0.1) is 11.8 Å². The van der Waals surface area contributed by atoms with Gasteiger partial charge < -0.3 is 20.5 Å². The van der Waals surface area contributed by atoms with Gasteiger partial charge in [0.1, 0.15) is 12.2 Å². The predicted octanol–water partition coefficient (Wildman–Crippen LogP) is 5.58. The number of pyridine rings is 1. The fourth-order valence-electron chi connectivity index (χ4n) is 4.44. The Hall–Kier alpha value is -2.28. The van der Waals surface area contributed by atoms with Crippen molar-refractivity contribution in [3.05, 3.63) is 53.4 Å². The smallest absolute Gasteiger partial charge is 0.385 e. The van der Waals surface area contributed by atoms with Gasteiger partial charge in [0.2, 0.25) is 0 Å². The van der Waals surface area contributed by atoms with Gasteiger partial charge in [0.25, 0.3) is 5.91 Å². The number of benzene rings is 1. The summed E-state index contributed by atoms with van der Waals surface area (Å²) in [6.45, 7) is 8.19. The normalized spacial score (nSPS) is 24.9. The fraction of sp³-hybridized carbons (Fsp3) is 0.538. The van der Waals surface area contributed by atoms with E-state index >= 15 is 0 Å². The number of carbonyl (C=O) groups is 1. The highest BCUT2D eigenvalue weighted by Gasteiger charge is 2.65. The summed E-state index contributed by atoms with van der Waals surface area (Å²) >= 11 is 0.838. The van der Waals surface area contributed by atoms with Crippen LogP contribution in [0.2, 0.25) is 0 Å². The van der Waals surface area contributed by atoms with Crippen molar-refractivity contribution in [1.82, 2.24) is 10.3 Å². The lowest BCUT2D eigenvalue weighted by molar-refractivity contribution is -0.272. The maximum Gasteiger partial charge on any atom is 0.417 e. The molecule has 2 heterocycles. The predicted molar refractivity (Wildman–Crippen MR) is 135 cm³/mol. The summed E-state index contributed by atoms with van der Waals surface area (Å²) < 4.78 is 76.2. The van der Waals surface area contributed by atoms with Gasteiger partial charge in [-0.2, -0.15) is 13.2 Å². The second kappa shape index (κ2) is 11.1. The topological polar surface area (TPSA) is 83.5 Å². The van der Waals surface area contributed by atoms with Gasteiger partial charge in [-0.05, 0) is 57.7 Å². The van der Waals surface area contributed by atoms with E-state index < -0.39 is 53.4 Å². The lowest BCUT2D eigenvalue weighted by Crippen LogP contribution is -2.47. The molecule has 0 aliphatic carbocycles. The second-order valence-electron chi connectivity index (χ2n) is 10.5. The molecule has 2 aromatic rings. The van der Waals surface area contributed by atoms with Crippen LogP contribution < -0.4 is 10.6 Å². The molecule has 0 spiro atoms. The Balaban J connectivity index is 1.90. The number of hydrogen-bond acceptors (Lipinski definition) is 6. The quantitative estimate of drug-likeness (QED) is 0.302. The van der Waals surface area contributed by atoms with Crippen molar-refractivity contribution in [3.63, 3.8) is 0 Å². The molecular formula is C26H32F5N3O3S. The summed E-state index contributed by atoms with van der Waals surface area (Å²) in [6, 6.07) is 4.97. The van der Waals surface area contributed by atoms with Crippen LogP contribution in [0.5, 0.6) is 0 Å². The molecule has 1 saturated heterocycles. The Labute approximate surface area is 222 Å². The number of β-amino-alcohol motifs (C(OH)–C–C–N with tert-alkyl or cyclic N) is 1. The molecule has 0 unspecified atom stereocenters. The molecule has 12 heteroatoms. The number of alkyl halides is 3. The highest BCUT2D eigenvalue weighted by molar-refractivity contribution is 7.98. The third-order valence-electron chi connectivity index (χ3n) is 6.79. The van der Waals surface area contributed by atoms with Crippen LogP contribution in [0.1, 0.15) is 57.9 Å². The van der Waals surface area contributed by atoms with Crippen molar-refractivity contribution in [2.45, 2.75) is 75.0 Å². The number of thioether (sulfide) groups is 1. The largest absolute Gasteiger partial charge is 0.417 e. The van der Waals surface area contributed by atoms with Crippen LogP contribution in [0.15, 0.2) is 35.4 Å². The fourth-order valence-corrected chi connectivity index (χ4v) is 5.15. The molecule has 6 nitrogen and oxygen atoms in total. The highest BCUT2D eigenvalue weighted by Crippen LogP contribution is 2.54. The number of nitrogens with one attached hydrogen (secondary N) is 2. The molecule has 1 aliphatic heterocycles. The number of aromatic nitrogens is 1. The van der Waals surface area contributed by atoms with Gasteiger partial charge in [0.15, 0.2) is 17.2 Å². The molecule has 1 amide bonds. The number of carbonyl (C=O) groups excluding carboxylic acids is 1. The van der Waals surface area contributed by atoms with Crippen molar-refractivity contribution in [2.24, 2.45) is 5.92 Å². The van der Waals surface area contributed by atoms with Crippen LogP contribution in [0.25, 0.3) is 0 Å². The summed E-state index contributed by atoms with van der Waals surface area (Å²) in [4.78, 5) is 17.2. The molecule has 0 saturated carbocycles. The summed E-state index contributed by atoms with van der Waals surface area (Å²) in [5.41, 5.74) is -2.38. The summed E-state index contributed by atoms with van der Waals surface area (Å²) in [7, 11) is 0. The molecule has 0 bridgehead atoms. The zero-order chi connectivity index (χ0) is 28.6. The van der Waals surface area contributed by atoms with E-state index in [4.69, 9.17) is 4.74 Å². The zero-order valence-electron chi connectivity index (χ0n) is 21.9. The number of nitrogens with zero attached hydrogens (tertiary/aromatic N) is 1. The molecule has 0 radical (unpaired) electrons. The molecule has 1 aliphatic rings. The van der Waals surface area contributed by atoms with E-state index in [-0.39, 0.29) is 28.2 Å². The first-order valence-electron chi connectivity index (χ1n) is 12.0. The van der Waals surface area contributed by atoms with E-state index in [0.29, 0.717) is 5.69 Å². The molecule has 38 heavy (non-hydrogen) atoms. The van der Waals surface area contributed by atoms with Crippen LogP contribution in [0.3, 0.4) is 0 Å². The molecule has 1 aromatic carbocycles. The molecular weight excluding hydrogens is 529 g/mol. The first kappa shape index (κ1) is 30.3. The van der Waals surface area contributed by atoms with Crippen molar-refractivity contribution in [1.29, 1.82) is 0 Å². The van der Waals surface area contributed by atoms with Gasteiger partial charge in [0.05, 0.1) is 17.6 Å². The van der Waals surface area contributed by atoms with Gasteiger partial charge in [-0.1, -0.05) is 13.0 Å². The van der Waals surface area contributed by atoms with Crippen LogP contribution in [-0.2, 0) is 9.53 Å². The first-order valence-corrected chi connectivity index (χ1v) is 13.2. The molecule has 1 aromatic heterocycles. The van der Waals surface area contributed by atoms with Crippen LogP contribution >= 0.6 is 11.8 Å². The van der Waals surface area contributed by atoms with Crippen molar-refractivity contribution in [3.8, 4) is 0 Å². The molecule has 3 N–H and O–H groups in total. The van der Waals surface area contributed by atoms with Crippen molar-refractivity contribution < 1.29 is 36.6 Å². The molecule has 3 rings (SSSR count). The Bertz CT molecular complexity index is 1160. The minimum atomic E-state index is -4.84. The number of rotatable bonds is 7. The summed E-state index contributed by atoms with van der Waals surface area (Å²) in [6.07, 6.45) is -4.67. The minimum absolute atomic E-state index is 0.0555. The third kappa shape index (κ3) is 6.13. The minimum Gasteiger partial charge on any atom is -0.385 e. The van der Waals surface area contributed by atoms with E-state index in [1.54, 1.807) is 0 Å². The van der Waals surface area contributed by atoms with Crippen molar-refractivity contribution in [2.75, 3.05) is 18.1 Å². The maximum absolute atomic E-state index is 14.6. The SMILES string of the molecule is CSc1c([C@H]2[C@H](C(=O)Nc3ccc([C@@H](O)CNC(C)(C)C)nc3)O[C@@](C)(C(F)(F)F)[C@H]2C)ccc(F)c1F. The Kier molecular flexibility index (Phi) is 8.82. The van der Waals surface area contributed by atoms with Gasteiger partial charge in [-0.3, -0.25) is 9.78 Å². The number of aliphatic hydroxyl groups excluding tert-OH is 1. The molecule has 1 fully saturated rings. The average molecular weight is 562 g/mol. The lowest BCUT2D eigenvalue weighted by atomic mass is 9.77. The maximum atomic E-state index is 14.6. The monoisotopic (exact) mass is 561 g/mol. The number of aliphatic hydroxyl groups is 1. The number of amides is 1. The van der Waals surface area contributed by atoms with Crippen LogP contribution in [0.4, 0.5) is 27.6 Å². The number of halogens is 5. The molecule has 210 valence electrons. The lowest BCUT2D eigenvalue weighted by Gasteiger charge is -2.32. The van der Waals surface area contributed by atoms with Gasteiger partial charge in [0, 0.05) is 28.8 Å². The number of hydrogen-bond donors (Lipinski definition) is 3. The van der Waals surface area contributed by atoms with E-state index in [2.05, 4.69) is 15.6 Å². The average Bonchev–Trinajstić information content (AvgIpc) is 3.11. The number of ether oxygens (including phenoxy) is 1. The van der Waals surface area contributed by atoms with E-state index in [1.807, 2.05) is 20.8 Å². The molecule has 5 atom stereocenters. The summed E-state index contributed by atoms with van der Waals surface area (Å²) in [5.74, 6) is -5.76. The van der Waals surface area contributed by atoms with Crippen LogP contribution in [0, 0.1) is 17.6 Å². The Morgan fingerprint density at radius 2 is 1.87 bits per heavy atom. The Morgan fingerprint density at radius 1 is 1.21 bits per heavy atom. The van der Waals surface area contributed by atoms with Gasteiger partial charge in [-0.25, -0.2) is 8.78 Å². The van der Waals surface area contributed by atoms with Gasteiger partial charge >= 0.3 is 6.18 Å². The second-order valence-corrected chi connectivity index (χ2v) is 11.4.